The second kappa shape index (κ2) is 6.99. The van der Waals surface area contributed by atoms with Crippen molar-refractivity contribution in [2.24, 2.45) is 5.41 Å². The molecule has 0 radical (unpaired) electrons. The molecule has 0 atom stereocenters. The van der Waals surface area contributed by atoms with Gasteiger partial charge in [-0.2, -0.15) is 0 Å². The van der Waals surface area contributed by atoms with Gasteiger partial charge in [0.2, 0.25) is 0 Å². The molecule has 108 valence electrons. The Morgan fingerprint density at radius 1 is 0.895 bits per heavy atom. The largest absolute Gasteiger partial charge is 0.126 e. The van der Waals surface area contributed by atoms with Gasteiger partial charge in [-0.25, -0.2) is 0 Å². The summed E-state index contributed by atoms with van der Waals surface area (Å²) in [4.78, 5) is 0. The molecule has 0 bridgehead atoms. The minimum atomic E-state index is -0.0813. The predicted octanol–water partition coefficient (Wildman–Crippen LogP) is 5.93. The van der Waals surface area contributed by atoms with E-state index in [9.17, 15) is 0 Å². The first-order chi connectivity index (χ1) is 8.83. The maximum atomic E-state index is 6.26. The van der Waals surface area contributed by atoms with Crippen LogP contribution in [0.5, 0.6) is 0 Å². The van der Waals surface area contributed by atoms with E-state index < -0.39 is 0 Å². The Bertz CT molecular complexity index is 369. The summed E-state index contributed by atoms with van der Waals surface area (Å²) in [5.74, 6) is 1.17. The van der Waals surface area contributed by atoms with Crippen LogP contribution in [0.2, 0.25) is 0 Å². The van der Waals surface area contributed by atoms with Crippen LogP contribution in [-0.2, 0) is 5.41 Å². The lowest BCUT2D eigenvalue weighted by Gasteiger charge is -2.31. The summed E-state index contributed by atoms with van der Waals surface area (Å²) in [5, 5.41) is 0. The number of halogens is 2. The van der Waals surface area contributed by atoms with Gasteiger partial charge in [0.25, 0.3) is 0 Å². The van der Waals surface area contributed by atoms with E-state index >= 15 is 0 Å². The summed E-state index contributed by atoms with van der Waals surface area (Å²) in [6, 6.07) is 8.65. The Balaban J connectivity index is 2.82. The minimum absolute atomic E-state index is 0.0813. The lowest BCUT2D eigenvalue weighted by atomic mass is 9.77. The van der Waals surface area contributed by atoms with Crippen LogP contribution in [0.1, 0.15) is 51.2 Å². The highest BCUT2D eigenvalue weighted by atomic mass is 35.5. The fourth-order valence-electron chi connectivity index (χ4n) is 2.33. The van der Waals surface area contributed by atoms with Crippen molar-refractivity contribution in [3.8, 4) is 0 Å². The smallest absolute Gasteiger partial charge is 0.0332 e. The molecular weight excluding hydrogens is 275 g/mol. The molecule has 0 aliphatic rings. The Hall–Kier alpha value is -0.200. The van der Waals surface area contributed by atoms with Gasteiger partial charge in [0.15, 0.2) is 0 Å². The van der Waals surface area contributed by atoms with E-state index in [1.807, 2.05) is 0 Å². The van der Waals surface area contributed by atoms with Crippen LogP contribution >= 0.6 is 23.2 Å². The standard InChI is InChI=1S/C17H26Cl2/c1-14-6-8-15(9-7-14)17(12-18,13-19)11-5-10-16(2,3)4/h6-9H,5,10-13H2,1-4H3. The lowest BCUT2D eigenvalue weighted by Crippen LogP contribution is -2.31. The third-order valence-corrected chi connectivity index (χ3v) is 4.78. The third kappa shape index (κ3) is 5.00. The molecule has 0 aliphatic carbocycles. The molecule has 0 saturated heterocycles. The first-order valence-electron chi connectivity index (χ1n) is 7.02. The fourth-order valence-corrected chi connectivity index (χ4v) is 3.19. The van der Waals surface area contributed by atoms with Crippen LogP contribution in [0, 0.1) is 12.3 Å². The van der Waals surface area contributed by atoms with Gasteiger partial charge in [0.1, 0.15) is 0 Å². The van der Waals surface area contributed by atoms with Crippen LogP contribution < -0.4 is 0 Å². The molecule has 0 spiro atoms. The summed E-state index contributed by atoms with van der Waals surface area (Å²) in [6.07, 6.45) is 3.42. The van der Waals surface area contributed by atoms with Crippen molar-refractivity contribution >= 4 is 23.2 Å². The number of aryl methyl sites for hydroxylation is 1. The average molecular weight is 301 g/mol. The topological polar surface area (TPSA) is 0 Å². The van der Waals surface area contributed by atoms with Crippen LogP contribution in [0.4, 0.5) is 0 Å². The molecule has 0 aliphatic heterocycles. The van der Waals surface area contributed by atoms with Crippen molar-refractivity contribution in [1.29, 1.82) is 0 Å². The van der Waals surface area contributed by atoms with Gasteiger partial charge in [0.05, 0.1) is 0 Å². The van der Waals surface area contributed by atoms with E-state index in [0.717, 1.165) is 12.8 Å². The maximum absolute atomic E-state index is 6.26. The first-order valence-corrected chi connectivity index (χ1v) is 8.09. The van der Waals surface area contributed by atoms with Gasteiger partial charge in [-0.1, -0.05) is 57.0 Å². The molecule has 0 saturated carbocycles. The molecule has 0 unspecified atom stereocenters. The quantitative estimate of drug-likeness (QED) is 0.571. The number of benzene rings is 1. The Kier molecular flexibility index (Phi) is 6.20. The molecule has 0 amide bonds. The first kappa shape index (κ1) is 16.9. The van der Waals surface area contributed by atoms with E-state index in [2.05, 4.69) is 52.0 Å². The lowest BCUT2D eigenvalue weighted by molar-refractivity contribution is 0.336. The van der Waals surface area contributed by atoms with Crippen molar-refractivity contribution in [3.63, 3.8) is 0 Å². The highest BCUT2D eigenvalue weighted by Gasteiger charge is 2.30. The van der Waals surface area contributed by atoms with Crippen molar-refractivity contribution in [2.75, 3.05) is 11.8 Å². The summed E-state index contributed by atoms with van der Waals surface area (Å²) in [7, 11) is 0. The molecule has 2 heteroatoms. The number of hydrogen-bond acceptors (Lipinski definition) is 0. The normalized spacial score (nSPS) is 12.7. The molecule has 0 aromatic heterocycles. The second-order valence-electron chi connectivity index (χ2n) is 6.83. The van der Waals surface area contributed by atoms with Crippen molar-refractivity contribution in [1.82, 2.24) is 0 Å². The van der Waals surface area contributed by atoms with Crippen molar-refractivity contribution < 1.29 is 0 Å². The summed E-state index contributed by atoms with van der Waals surface area (Å²) < 4.78 is 0. The molecule has 0 heterocycles. The zero-order valence-electron chi connectivity index (χ0n) is 12.6. The van der Waals surface area contributed by atoms with E-state index in [4.69, 9.17) is 23.2 Å². The van der Waals surface area contributed by atoms with E-state index in [0.29, 0.717) is 17.2 Å². The molecule has 1 aromatic rings. The van der Waals surface area contributed by atoms with Crippen LogP contribution in [0.3, 0.4) is 0 Å². The van der Waals surface area contributed by atoms with E-state index in [1.54, 1.807) is 0 Å². The summed E-state index contributed by atoms with van der Waals surface area (Å²) in [5.41, 5.74) is 2.84. The fraction of sp³-hybridized carbons (Fsp3) is 0.647. The van der Waals surface area contributed by atoms with Crippen molar-refractivity contribution in [3.05, 3.63) is 35.4 Å². The number of alkyl halides is 2. The Morgan fingerprint density at radius 3 is 1.84 bits per heavy atom. The predicted molar refractivity (Wildman–Crippen MR) is 87.6 cm³/mol. The van der Waals surface area contributed by atoms with Gasteiger partial charge in [-0.15, -0.1) is 23.2 Å². The SMILES string of the molecule is Cc1ccc(C(CCl)(CCl)CCCC(C)(C)C)cc1. The zero-order chi connectivity index (χ0) is 14.5. The van der Waals surface area contributed by atoms with Gasteiger partial charge in [-0.05, 0) is 30.7 Å². The van der Waals surface area contributed by atoms with Gasteiger partial charge >= 0.3 is 0 Å². The molecule has 0 N–H and O–H groups in total. The van der Waals surface area contributed by atoms with Gasteiger partial charge < -0.3 is 0 Å². The molecule has 0 nitrogen and oxygen atoms in total. The molecule has 1 aromatic carbocycles. The summed E-state index contributed by atoms with van der Waals surface area (Å²) in [6.45, 7) is 8.94. The highest BCUT2D eigenvalue weighted by molar-refractivity contribution is 6.22. The zero-order valence-corrected chi connectivity index (χ0v) is 14.1. The average Bonchev–Trinajstić information content (AvgIpc) is 2.35. The molecule has 1 rings (SSSR count). The number of rotatable bonds is 6. The van der Waals surface area contributed by atoms with Crippen LogP contribution in [0.15, 0.2) is 24.3 Å². The monoisotopic (exact) mass is 300 g/mol. The second-order valence-corrected chi connectivity index (χ2v) is 7.36. The van der Waals surface area contributed by atoms with Crippen LogP contribution in [-0.4, -0.2) is 11.8 Å². The van der Waals surface area contributed by atoms with Crippen LogP contribution in [0.25, 0.3) is 0 Å². The highest BCUT2D eigenvalue weighted by Crippen LogP contribution is 2.35. The van der Waals surface area contributed by atoms with E-state index in [-0.39, 0.29) is 5.41 Å². The molecule has 19 heavy (non-hydrogen) atoms. The van der Waals surface area contributed by atoms with Gasteiger partial charge in [0, 0.05) is 17.2 Å². The van der Waals surface area contributed by atoms with E-state index in [1.165, 1.54) is 17.5 Å². The minimum Gasteiger partial charge on any atom is -0.126 e. The maximum Gasteiger partial charge on any atom is 0.0332 e. The Morgan fingerprint density at radius 2 is 1.42 bits per heavy atom. The van der Waals surface area contributed by atoms with Crippen molar-refractivity contribution in [2.45, 2.75) is 52.4 Å². The molecular formula is C17H26Cl2. The van der Waals surface area contributed by atoms with Gasteiger partial charge in [-0.3, -0.25) is 0 Å². The summed E-state index contributed by atoms with van der Waals surface area (Å²) >= 11 is 12.5. The third-order valence-electron chi connectivity index (χ3n) is 3.76. The molecule has 0 fully saturated rings. The number of hydrogen-bond donors (Lipinski definition) is 0. The Labute approximate surface area is 128 Å².